The van der Waals surface area contributed by atoms with Crippen molar-refractivity contribution in [2.24, 2.45) is 5.92 Å². The molecular formula is C13H22N4. The predicted octanol–water partition coefficient (Wildman–Crippen LogP) is 1.20. The number of nitrogens with zero attached hydrogens (tertiary/aromatic N) is 1. The van der Waals surface area contributed by atoms with Crippen LogP contribution in [0.25, 0.3) is 0 Å². The molecule has 3 N–H and O–H groups in total. The van der Waals surface area contributed by atoms with Gasteiger partial charge in [-0.1, -0.05) is 13.3 Å². The van der Waals surface area contributed by atoms with E-state index in [1.54, 1.807) is 6.33 Å². The number of aromatic nitrogens is 2. The van der Waals surface area contributed by atoms with Gasteiger partial charge in [-0.3, -0.25) is 0 Å². The van der Waals surface area contributed by atoms with Gasteiger partial charge in [-0.2, -0.15) is 0 Å². The Hall–Kier alpha value is -0.870. The SMILES string of the molecule is CCCC1CC1NCC1Cc2nc[nH]c2CN1. The molecule has 17 heavy (non-hydrogen) atoms. The third-order valence-corrected chi connectivity index (χ3v) is 4.02. The van der Waals surface area contributed by atoms with Crippen molar-refractivity contribution in [2.75, 3.05) is 6.54 Å². The van der Waals surface area contributed by atoms with Crippen molar-refractivity contribution >= 4 is 0 Å². The van der Waals surface area contributed by atoms with Crippen molar-refractivity contribution in [2.45, 2.75) is 51.2 Å². The van der Waals surface area contributed by atoms with E-state index >= 15 is 0 Å². The van der Waals surface area contributed by atoms with Crippen molar-refractivity contribution in [1.82, 2.24) is 20.6 Å². The minimum absolute atomic E-state index is 0.550. The van der Waals surface area contributed by atoms with Gasteiger partial charge in [0.2, 0.25) is 0 Å². The summed E-state index contributed by atoms with van der Waals surface area (Å²) in [4.78, 5) is 7.56. The zero-order valence-electron chi connectivity index (χ0n) is 10.5. The van der Waals surface area contributed by atoms with E-state index in [-0.39, 0.29) is 0 Å². The molecule has 2 aliphatic rings. The van der Waals surface area contributed by atoms with Crippen LogP contribution < -0.4 is 10.6 Å². The van der Waals surface area contributed by atoms with Crippen LogP contribution in [0.15, 0.2) is 6.33 Å². The fourth-order valence-electron chi connectivity index (χ4n) is 2.86. The molecule has 1 aromatic rings. The molecule has 1 saturated carbocycles. The van der Waals surface area contributed by atoms with Crippen LogP contribution in [0.4, 0.5) is 0 Å². The van der Waals surface area contributed by atoms with Crippen molar-refractivity contribution in [3.8, 4) is 0 Å². The van der Waals surface area contributed by atoms with Crippen molar-refractivity contribution < 1.29 is 0 Å². The summed E-state index contributed by atoms with van der Waals surface area (Å²) in [6, 6.07) is 1.34. The lowest BCUT2D eigenvalue weighted by Crippen LogP contribution is -2.43. The monoisotopic (exact) mass is 234 g/mol. The molecule has 0 spiro atoms. The maximum Gasteiger partial charge on any atom is 0.0925 e. The first-order valence-electron chi connectivity index (χ1n) is 6.84. The molecule has 1 aliphatic heterocycles. The van der Waals surface area contributed by atoms with E-state index in [1.165, 1.54) is 30.7 Å². The molecule has 3 rings (SSSR count). The molecule has 0 radical (unpaired) electrons. The van der Waals surface area contributed by atoms with Gasteiger partial charge in [0.05, 0.1) is 17.7 Å². The Morgan fingerprint density at radius 2 is 2.47 bits per heavy atom. The molecule has 1 fully saturated rings. The first-order chi connectivity index (χ1) is 8.36. The van der Waals surface area contributed by atoms with Crippen LogP contribution in [0, 0.1) is 5.92 Å². The topological polar surface area (TPSA) is 52.7 Å². The van der Waals surface area contributed by atoms with Crippen molar-refractivity contribution in [3.63, 3.8) is 0 Å². The van der Waals surface area contributed by atoms with Crippen LogP contribution in [0.3, 0.4) is 0 Å². The molecule has 0 saturated heterocycles. The van der Waals surface area contributed by atoms with E-state index in [0.29, 0.717) is 6.04 Å². The summed E-state index contributed by atoms with van der Waals surface area (Å²) in [5, 5.41) is 7.24. The molecule has 2 heterocycles. The Morgan fingerprint density at radius 1 is 1.53 bits per heavy atom. The Balaban J connectivity index is 1.43. The van der Waals surface area contributed by atoms with E-state index < -0.39 is 0 Å². The molecule has 4 heteroatoms. The predicted molar refractivity (Wildman–Crippen MR) is 67.7 cm³/mol. The average molecular weight is 234 g/mol. The van der Waals surface area contributed by atoms with E-state index in [2.05, 4.69) is 27.5 Å². The Morgan fingerprint density at radius 3 is 3.35 bits per heavy atom. The van der Waals surface area contributed by atoms with Gasteiger partial charge in [0.25, 0.3) is 0 Å². The van der Waals surface area contributed by atoms with E-state index in [9.17, 15) is 0 Å². The molecule has 0 amide bonds. The molecule has 0 bridgehead atoms. The average Bonchev–Trinajstić information content (AvgIpc) is 2.91. The lowest BCUT2D eigenvalue weighted by Gasteiger charge is -2.23. The number of rotatable bonds is 5. The molecule has 1 aromatic heterocycles. The largest absolute Gasteiger partial charge is 0.347 e. The number of imidazole rings is 1. The molecule has 94 valence electrons. The van der Waals surface area contributed by atoms with Crippen LogP contribution in [0.5, 0.6) is 0 Å². The van der Waals surface area contributed by atoms with E-state index in [1.807, 2.05) is 0 Å². The maximum atomic E-state index is 4.37. The van der Waals surface area contributed by atoms with Gasteiger partial charge in [-0.15, -0.1) is 0 Å². The third kappa shape index (κ3) is 2.53. The minimum Gasteiger partial charge on any atom is -0.347 e. The van der Waals surface area contributed by atoms with Gasteiger partial charge in [-0.05, 0) is 18.8 Å². The van der Waals surface area contributed by atoms with Crippen molar-refractivity contribution in [3.05, 3.63) is 17.7 Å². The Bertz CT molecular complexity index is 373. The highest BCUT2D eigenvalue weighted by Gasteiger charge is 2.35. The molecule has 3 unspecified atom stereocenters. The zero-order valence-corrected chi connectivity index (χ0v) is 10.5. The van der Waals surface area contributed by atoms with Crippen LogP contribution in [0.1, 0.15) is 37.6 Å². The second kappa shape index (κ2) is 4.78. The van der Waals surface area contributed by atoms with Gasteiger partial charge in [0.15, 0.2) is 0 Å². The summed E-state index contributed by atoms with van der Waals surface area (Å²) in [5.41, 5.74) is 2.51. The maximum absolute atomic E-state index is 4.37. The van der Waals surface area contributed by atoms with Gasteiger partial charge in [-0.25, -0.2) is 4.98 Å². The molecular weight excluding hydrogens is 212 g/mol. The highest BCUT2D eigenvalue weighted by atomic mass is 15.1. The Kier molecular flexibility index (Phi) is 3.16. The number of nitrogens with one attached hydrogen (secondary N) is 3. The lowest BCUT2D eigenvalue weighted by atomic mass is 10.1. The zero-order chi connectivity index (χ0) is 11.7. The second-order valence-electron chi connectivity index (χ2n) is 5.41. The Labute approximate surface area is 103 Å². The second-order valence-corrected chi connectivity index (χ2v) is 5.41. The first kappa shape index (κ1) is 11.2. The van der Waals surface area contributed by atoms with E-state index in [0.717, 1.165) is 31.5 Å². The summed E-state index contributed by atoms with van der Waals surface area (Å²) < 4.78 is 0. The fourth-order valence-corrected chi connectivity index (χ4v) is 2.86. The van der Waals surface area contributed by atoms with E-state index in [4.69, 9.17) is 0 Å². The summed E-state index contributed by atoms with van der Waals surface area (Å²) in [7, 11) is 0. The molecule has 3 atom stereocenters. The summed E-state index contributed by atoms with van der Waals surface area (Å²) in [6.07, 6.45) is 6.95. The fraction of sp³-hybridized carbons (Fsp3) is 0.769. The van der Waals surface area contributed by atoms with Crippen molar-refractivity contribution in [1.29, 1.82) is 0 Å². The van der Waals surface area contributed by atoms with Gasteiger partial charge in [0.1, 0.15) is 0 Å². The van der Waals surface area contributed by atoms with Crippen LogP contribution in [-0.2, 0) is 13.0 Å². The molecule has 4 nitrogen and oxygen atoms in total. The normalized spacial score (nSPS) is 31.2. The molecule has 1 aliphatic carbocycles. The smallest absolute Gasteiger partial charge is 0.0925 e. The summed E-state index contributed by atoms with van der Waals surface area (Å²) >= 11 is 0. The van der Waals surface area contributed by atoms with Crippen LogP contribution in [0.2, 0.25) is 0 Å². The third-order valence-electron chi connectivity index (χ3n) is 4.02. The summed E-state index contributed by atoms with van der Waals surface area (Å²) in [6.45, 7) is 4.29. The van der Waals surface area contributed by atoms with Gasteiger partial charge < -0.3 is 15.6 Å². The first-order valence-corrected chi connectivity index (χ1v) is 6.84. The van der Waals surface area contributed by atoms with Crippen LogP contribution in [-0.4, -0.2) is 28.6 Å². The lowest BCUT2D eigenvalue weighted by molar-refractivity contribution is 0.433. The number of hydrogen-bond acceptors (Lipinski definition) is 3. The standard InChI is InChI=1S/C13H22N4/c1-2-3-9-4-11(9)15-6-10-5-12-13(7-14-10)17-8-16-12/h8-11,14-15H,2-7H2,1H3,(H,16,17). The highest BCUT2D eigenvalue weighted by Crippen LogP contribution is 2.34. The number of fused-ring (bicyclic) bond motifs is 1. The number of H-pyrrole nitrogens is 1. The van der Waals surface area contributed by atoms with Gasteiger partial charge in [0, 0.05) is 31.6 Å². The minimum atomic E-state index is 0.550. The highest BCUT2D eigenvalue weighted by molar-refractivity contribution is 5.16. The number of hydrogen-bond donors (Lipinski definition) is 3. The van der Waals surface area contributed by atoms with Crippen LogP contribution >= 0.6 is 0 Å². The number of aromatic amines is 1. The van der Waals surface area contributed by atoms with Gasteiger partial charge >= 0.3 is 0 Å². The quantitative estimate of drug-likeness (QED) is 0.717. The molecule has 0 aromatic carbocycles. The summed E-state index contributed by atoms with van der Waals surface area (Å²) in [5.74, 6) is 0.949.